The van der Waals surface area contributed by atoms with Gasteiger partial charge in [0.25, 0.3) is 0 Å². The third-order valence-corrected chi connectivity index (χ3v) is 4.22. The third kappa shape index (κ3) is 4.37. The molecule has 0 amide bonds. The first kappa shape index (κ1) is 21.1. The third-order valence-electron chi connectivity index (χ3n) is 4.22. The lowest BCUT2D eigenvalue weighted by molar-refractivity contribution is 0.381. The molecule has 0 bridgehead atoms. The maximum Gasteiger partial charge on any atom is 0.200 e. The van der Waals surface area contributed by atoms with E-state index in [2.05, 4.69) is 4.99 Å². The molecule has 0 spiro atoms. The van der Waals surface area contributed by atoms with Gasteiger partial charge in [0.05, 0.1) is 0 Å². The van der Waals surface area contributed by atoms with Crippen molar-refractivity contribution in [1.29, 1.82) is 0 Å². The lowest BCUT2D eigenvalue weighted by Crippen LogP contribution is -2.17. The molecule has 0 N–H and O–H groups in total. The number of nitrogens with zero attached hydrogens (tertiary/aromatic N) is 1. The van der Waals surface area contributed by atoms with Gasteiger partial charge < -0.3 is 0 Å². The van der Waals surface area contributed by atoms with Gasteiger partial charge >= 0.3 is 0 Å². The van der Waals surface area contributed by atoms with Gasteiger partial charge in [-0.1, -0.05) is 47.6 Å². The summed E-state index contributed by atoms with van der Waals surface area (Å²) in [4.78, 5) is 3.56. The fourth-order valence-corrected chi connectivity index (χ4v) is 2.44. The zero-order valence-corrected chi connectivity index (χ0v) is 16.1. The van der Waals surface area contributed by atoms with Crippen molar-refractivity contribution < 1.29 is 22.0 Å². The van der Waals surface area contributed by atoms with Crippen molar-refractivity contribution in [2.75, 3.05) is 0 Å². The van der Waals surface area contributed by atoms with Crippen LogP contribution >= 0.6 is 0 Å². The molecule has 0 radical (unpaired) electrons. The van der Waals surface area contributed by atoms with Crippen molar-refractivity contribution in [3.63, 3.8) is 0 Å². The Labute approximate surface area is 155 Å². The molecule has 0 saturated heterocycles. The van der Waals surface area contributed by atoms with E-state index in [9.17, 15) is 22.0 Å². The molecular formula is C21H22F5N. The van der Waals surface area contributed by atoms with Crippen LogP contribution in [0.3, 0.4) is 0 Å². The van der Waals surface area contributed by atoms with Gasteiger partial charge in [-0.15, -0.1) is 0 Å². The molecule has 0 atom stereocenters. The molecule has 0 aliphatic heterocycles. The van der Waals surface area contributed by atoms with Gasteiger partial charge in [-0.2, -0.15) is 0 Å². The normalized spacial score (nSPS) is 12.9. The highest BCUT2D eigenvalue weighted by atomic mass is 19.2. The van der Waals surface area contributed by atoms with E-state index in [-0.39, 0.29) is 10.8 Å². The second kappa shape index (κ2) is 7.06. The highest BCUT2D eigenvalue weighted by molar-refractivity contribution is 5.83. The van der Waals surface area contributed by atoms with Gasteiger partial charge in [0.2, 0.25) is 5.82 Å². The molecule has 0 aliphatic carbocycles. The zero-order valence-electron chi connectivity index (χ0n) is 16.1. The van der Waals surface area contributed by atoms with Crippen LogP contribution in [0.15, 0.2) is 23.2 Å². The molecule has 0 aliphatic rings. The fraction of sp³-hybridized carbons (Fsp3) is 0.381. The van der Waals surface area contributed by atoms with Gasteiger partial charge in [0, 0.05) is 6.21 Å². The molecule has 0 saturated carbocycles. The minimum atomic E-state index is -2.20. The zero-order chi connectivity index (χ0) is 20.7. The molecule has 146 valence electrons. The fourth-order valence-electron chi connectivity index (χ4n) is 2.44. The summed E-state index contributed by atoms with van der Waals surface area (Å²) >= 11 is 0. The number of hydrogen-bond acceptors (Lipinski definition) is 1. The highest BCUT2D eigenvalue weighted by Gasteiger charge is 2.25. The molecule has 2 aromatic rings. The van der Waals surface area contributed by atoms with Crippen LogP contribution in [0.5, 0.6) is 0 Å². The van der Waals surface area contributed by atoms with E-state index in [0.29, 0.717) is 5.56 Å². The maximum atomic E-state index is 13.8. The second-order valence-electron chi connectivity index (χ2n) is 8.52. The van der Waals surface area contributed by atoms with Crippen molar-refractivity contribution >= 4 is 11.9 Å². The molecule has 1 nitrogen and oxygen atoms in total. The van der Waals surface area contributed by atoms with E-state index < -0.39 is 34.8 Å². The molecule has 0 unspecified atom stereocenters. The van der Waals surface area contributed by atoms with Gasteiger partial charge in [-0.25, -0.2) is 26.9 Å². The van der Waals surface area contributed by atoms with E-state index in [4.69, 9.17) is 0 Å². The van der Waals surface area contributed by atoms with Crippen LogP contribution in [-0.4, -0.2) is 6.21 Å². The Morgan fingerprint density at radius 2 is 1.00 bits per heavy atom. The monoisotopic (exact) mass is 383 g/mol. The minimum Gasteiger partial charge on any atom is -0.250 e. The van der Waals surface area contributed by atoms with Crippen molar-refractivity contribution in [2.24, 2.45) is 4.99 Å². The van der Waals surface area contributed by atoms with Crippen molar-refractivity contribution in [3.8, 4) is 0 Å². The van der Waals surface area contributed by atoms with Crippen LogP contribution in [0.25, 0.3) is 0 Å². The standard InChI is InChI=1S/C21H22F5N/c1-20(2,3)12-7-11(8-13(9-12)21(4,5)6)10-27-19-17(25)15(23)14(22)16(24)18(19)26/h7-10H,1-6H3. The topological polar surface area (TPSA) is 12.4 Å². The number of halogens is 5. The lowest BCUT2D eigenvalue weighted by atomic mass is 9.79. The quantitative estimate of drug-likeness (QED) is 0.236. The van der Waals surface area contributed by atoms with E-state index in [1.165, 1.54) is 0 Å². The van der Waals surface area contributed by atoms with Crippen LogP contribution in [0.4, 0.5) is 27.6 Å². The lowest BCUT2D eigenvalue weighted by Gasteiger charge is -2.25. The number of benzene rings is 2. The smallest absolute Gasteiger partial charge is 0.200 e. The molecule has 6 heteroatoms. The van der Waals surface area contributed by atoms with Crippen molar-refractivity contribution in [1.82, 2.24) is 0 Å². The Hall–Kier alpha value is -2.24. The van der Waals surface area contributed by atoms with Crippen molar-refractivity contribution in [2.45, 2.75) is 52.4 Å². The van der Waals surface area contributed by atoms with Crippen LogP contribution in [0, 0.1) is 29.1 Å². The van der Waals surface area contributed by atoms with Crippen molar-refractivity contribution in [3.05, 3.63) is 64.0 Å². The number of rotatable bonds is 2. The first-order chi connectivity index (χ1) is 12.2. The number of hydrogen-bond donors (Lipinski definition) is 0. The Kier molecular flexibility index (Phi) is 5.51. The van der Waals surface area contributed by atoms with Gasteiger partial charge in [0.1, 0.15) is 5.69 Å². The summed E-state index contributed by atoms with van der Waals surface area (Å²) in [5.41, 5.74) is 0.840. The highest BCUT2D eigenvalue weighted by Crippen LogP contribution is 2.32. The summed E-state index contributed by atoms with van der Waals surface area (Å²) in [7, 11) is 0. The average Bonchev–Trinajstić information content (AvgIpc) is 2.56. The summed E-state index contributed by atoms with van der Waals surface area (Å²) in [6, 6.07) is 5.60. The van der Waals surface area contributed by atoms with E-state index >= 15 is 0 Å². The Morgan fingerprint density at radius 1 is 0.630 bits per heavy atom. The molecule has 0 aromatic heterocycles. The van der Waals surface area contributed by atoms with Crippen LogP contribution in [-0.2, 0) is 10.8 Å². The molecule has 27 heavy (non-hydrogen) atoms. The average molecular weight is 383 g/mol. The largest absolute Gasteiger partial charge is 0.250 e. The molecule has 2 rings (SSSR count). The van der Waals surface area contributed by atoms with E-state index in [0.717, 1.165) is 17.3 Å². The maximum absolute atomic E-state index is 13.8. The number of aliphatic imine (C=N–C) groups is 1. The summed E-state index contributed by atoms with van der Waals surface area (Å²) in [6.45, 7) is 12.1. The van der Waals surface area contributed by atoms with Crippen LogP contribution < -0.4 is 0 Å². The predicted octanol–water partition coefficient (Wildman–Crippen LogP) is 6.73. The molecular weight excluding hydrogens is 361 g/mol. The van der Waals surface area contributed by atoms with Gasteiger partial charge in [-0.3, -0.25) is 0 Å². The molecule has 0 heterocycles. The first-order valence-corrected chi connectivity index (χ1v) is 8.45. The molecule has 0 fully saturated rings. The predicted molar refractivity (Wildman–Crippen MR) is 97.3 cm³/mol. The van der Waals surface area contributed by atoms with Crippen LogP contribution in [0.2, 0.25) is 0 Å². The summed E-state index contributed by atoms with van der Waals surface area (Å²) in [5.74, 6) is -10.1. The second-order valence-corrected chi connectivity index (χ2v) is 8.52. The molecule has 2 aromatic carbocycles. The summed E-state index contributed by atoms with van der Waals surface area (Å²) in [5, 5.41) is 0. The minimum absolute atomic E-state index is 0.200. The summed E-state index contributed by atoms with van der Waals surface area (Å²) < 4.78 is 67.4. The Morgan fingerprint density at radius 3 is 1.37 bits per heavy atom. The van der Waals surface area contributed by atoms with Gasteiger partial charge in [-0.05, 0) is 39.7 Å². The van der Waals surface area contributed by atoms with Gasteiger partial charge in [0.15, 0.2) is 23.3 Å². The van der Waals surface area contributed by atoms with Crippen LogP contribution in [0.1, 0.15) is 58.2 Å². The SMILES string of the molecule is CC(C)(C)c1cc(C=Nc2c(F)c(F)c(F)c(F)c2F)cc(C(C)(C)C)c1. The Bertz CT molecular complexity index is 841. The summed E-state index contributed by atoms with van der Waals surface area (Å²) in [6.07, 6.45) is 1.11. The van der Waals surface area contributed by atoms with E-state index in [1.807, 2.05) is 47.6 Å². The first-order valence-electron chi connectivity index (χ1n) is 8.45. The Balaban J connectivity index is 2.61. The van der Waals surface area contributed by atoms with E-state index in [1.54, 1.807) is 12.1 Å².